The van der Waals surface area contributed by atoms with Gasteiger partial charge in [-0.15, -0.1) is 6.58 Å². The molecule has 0 saturated heterocycles. The molecule has 0 heterocycles. The lowest BCUT2D eigenvalue weighted by molar-refractivity contribution is -0.159. The highest BCUT2D eigenvalue weighted by Crippen LogP contribution is 2.28. The molecule has 0 saturated carbocycles. The van der Waals surface area contributed by atoms with Gasteiger partial charge >= 0.3 is 5.97 Å². The molecular weight excluding hydrogens is 192 g/mol. The lowest BCUT2D eigenvalue weighted by atomic mass is 9.83. The van der Waals surface area contributed by atoms with Gasteiger partial charge in [0.05, 0.1) is 6.10 Å². The molecule has 0 aliphatic heterocycles. The fourth-order valence-corrected chi connectivity index (χ4v) is 1.54. The number of aliphatic hydroxyl groups excluding tert-OH is 1. The average molecular weight is 212 g/mol. The first-order valence-corrected chi connectivity index (χ1v) is 4.88. The molecule has 2 atom stereocenters. The molecule has 0 aliphatic rings. The van der Waals surface area contributed by atoms with Crippen molar-refractivity contribution in [2.24, 2.45) is 5.92 Å². The third-order valence-corrected chi connectivity index (χ3v) is 2.31. The molecule has 0 unspecified atom stereocenters. The molecule has 3 nitrogen and oxygen atoms in total. The highest BCUT2D eigenvalue weighted by atomic mass is 16.6. The van der Waals surface area contributed by atoms with Crippen molar-refractivity contribution in [3.05, 3.63) is 24.8 Å². The van der Waals surface area contributed by atoms with E-state index in [1.165, 1.54) is 6.92 Å². The van der Waals surface area contributed by atoms with Crippen LogP contribution in [0.1, 0.15) is 27.7 Å². The summed E-state index contributed by atoms with van der Waals surface area (Å²) >= 11 is 0. The van der Waals surface area contributed by atoms with Gasteiger partial charge in [0.2, 0.25) is 0 Å². The van der Waals surface area contributed by atoms with Crippen LogP contribution in [0.25, 0.3) is 0 Å². The zero-order valence-electron chi connectivity index (χ0n) is 9.91. The molecule has 0 amide bonds. The second-order valence-electron chi connectivity index (χ2n) is 4.25. The summed E-state index contributed by atoms with van der Waals surface area (Å²) in [6.07, 6.45) is 0.833. The Morgan fingerprint density at radius 3 is 2.20 bits per heavy atom. The predicted molar refractivity (Wildman–Crippen MR) is 60.4 cm³/mol. The Bertz CT molecular complexity index is 266. The van der Waals surface area contributed by atoms with Gasteiger partial charge in [-0.1, -0.05) is 18.2 Å². The minimum absolute atomic E-state index is 0.362. The number of carbonyl (C=O) groups is 1. The van der Waals surface area contributed by atoms with Crippen LogP contribution in [-0.4, -0.2) is 22.8 Å². The summed E-state index contributed by atoms with van der Waals surface area (Å²) in [6.45, 7) is 13.9. The first kappa shape index (κ1) is 13.9. The van der Waals surface area contributed by atoms with Crippen molar-refractivity contribution in [1.29, 1.82) is 0 Å². The van der Waals surface area contributed by atoms with Crippen molar-refractivity contribution in [1.82, 2.24) is 0 Å². The van der Waals surface area contributed by atoms with E-state index in [4.69, 9.17) is 4.74 Å². The normalized spacial score (nSPS) is 15.3. The van der Waals surface area contributed by atoms with Crippen LogP contribution in [0.4, 0.5) is 0 Å². The molecule has 0 spiro atoms. The van der Waals surface area contributed by atoms with Crippen LogP contribution in [-0.2, 0) is 9.53 Å². The number of aliphatic hydroxyl groups is 1. The van der Waals surface area contributed by atoms with Crippen LogP contribution in [0.2, 0.25) is 0 Å². The van der Waals surface area contributed by atoms with Crippen LogP contribution in [0.5, 0.6) is 0 Å². The topological polar surface area (TPSA) is 46.5 Å². The summed E-state index contributed by atoms with van der Waals surface area (Å²) in [7, 11) is 0. The fourth-order valence-electron chi connectivity index (χ4n) is 1.54. The van der Waals surface area contributed by atoms with Gasteiger partial charge in [-0.05, 0) is 20.8 Å². The minimum Gasteiger partial charge on any atom is -0.459 e. The van der Waals surface area contributed by atoms with Crippen molar-refractivity contribution in [2.75, 3.05) is 0 Å². The van der Waals surface area contributed by atoms with Crippen LogP contribution in [0.15, 0.2) is 24.8 Å². The van der Waals surface area contributed by atoms with Crippen molar-refractivity contribution < 1.29 is 14.6 Å². The molecule has 0 aliphatic carbocycles. The monoisotopic (exact) mass is 212 g/mol. The minimum atomic E-state index is -0.786. The molecule has 0 aromatic carbocycles. The zero-order chi connectivity index (χ0) is 12.2. The maximum absolute atomic E-state index is 10.9. The summed E-state index contributed by atoms with van der Waals surface area (Å²) < 4.78 is 5.15. The predicted octanol–water partition coefficient (Wildman–Crippen LogP) is 2.07. The lowest BCUT2D eigenvalue weighted by Gasteiger charge is -2.34. The molecule has 0 rings (SSSR count). The molecule has 0 aromatic rings. The number of ether oxygens (including phenoxy) is 1. The number of carbonyl (C=O) groups excluding carboxylic acids is 1. The summed E-state index contributed by atoms with van der Waals surface area (Å²) in [6, 6.07) is 0. The van der Waals surface area contributed by atoms with E-state index < -0.39 is 11.7 Å². The van der Waals surface area contributed by atoms with Gasteiger partial charge in [0.15, 0.2) is 0 Å². The van der Waals surface area contributed by atoms with E-state index in [1.54, 1.807) is 26.8 Å². The van der Waals surface area contributed by atoms with Gasteiger partial charge < -0.3 is 9.84 Å². The quantitative estimate of drug-likeness (QED) is 0.560. The van der Waals surface area contributed by atoms with E-state index >= 15 is 0 Å². The zero-order valence-corrected chi connectivity index (χ0v) is 9.91. The maximum Gasteiger partial charge on any atom is 0.303 e. The molecular formula is C12H20O3. The van der Waals surface area contributed by atoms with Gasteiger partial charge in [-0.25, -0.2) is 0 Å². The smallest absolute Gasteiger partial charge is 0.303 e. The van der Waals surface area contributed by atoms with Crippen LogP contribution in [0, 0.1) is 5.92 Å². The second kappa shape index (κ2) is 5.12. The molecule has 3 heteroatoms. The van der Waals surface area contributed by atoms with Crippen LogP contribution in [0.3, 0.4) is 0 Å². The molecule has 15 heavy (non-hydrogen) atoms. The van der Waals surface area contributed by atoms with Crippen molar-refractivity contribution in [3.63, 3.8) is 0 Å². The van der Waals surface area contributed by atoms with Gasteiger partial charge in [-0.2, -0.15) is 0 Å². The highest BCUT2D eigenvalue weighted by molar-refractivity contribution is 5.66. The Morgan fingerprint density at radius 1 is 1.47 bits per heavy atom. The molecule has 0 aromatic heterocycles. The fraction of sp³-hybridized carbons (Fsp3) is 0.583. The summed E-state index contributed by atoms with van der Waals surface area (Å²) in [4.78, 5) is 10.9. The van der Waals surface area contributed by atoms with E-state index in [2.05, 4.69) is 13.2 Å². The van der Waals surface area contributed by atoms with Crippen molar-refractivity contribution >= 4 is 5.97 Å². The average Bonchev–Trinajstić information content (AvgIpc) is 2.01. The number of hydrogen-bond donors (Lipinski definition) is 1. The third-order valence-electron chi connectivity index (χ3n) is 2.31. The van der Waals surface area contributed by atoms with Crippen molar-refractivity contribution in [3.8, 4) is 0 Å². The Balaban J connectivity index is 4.86. The summed E-state index contributed by atoms with van der Waals surface area (Å²) in [5.41, 5.74) is -0.161. The largest absolute Gasteiger partial charge is 0.459 e. The number of rotatable bonds is 5. The van der Waals surface area contributed by atoms with Crippen LogP contribution >= 0.6 is 0 Å². The maximum atomic E-state index is 10.9. The molecule has 0 fully saturated rings. The second-order valence-corrected chi connectivity index (χ2v) is 4.25. The summed E-state index contributed by atoms with van der Waals surface area (Å²) in [5, 5.41) is 9.87. The van der Waals surface area contributed by atoms with Gasteiger partial charge in [0.1, 0.15) is 5.60 Å². The SMILES string of the molecule is C=C[C@@H]([C@@H](O)C(=C)C)C(C)(C)OC(C)=O. The van der Waals surface area contributed by atoms with E-state index in [1.807, 2.05) is 0 Å². The standard InChI is InChI=1S/C12H20O3/c1-7-10(11(14)8(2)3)12(5,6)15-9(4)13/h7,10-11,14H,1-2H2,3-6H3/t10-,11-/m0/s1. The van der Waals surface area contributed by atoms with Crippen LogP contribution < -0.4 is 0 Å². The molecule has 0 bridgehead atoms. The van der Waals surface area contributed by atoms with Crippen molar-refractivity contribution in [2.45, 2.75) is 39.4 Å². The van der Waals surface area contributed by atoms with E-state index in [0.29, 0.717) is 5.57 Å². The summed E-state index contributed by atoms with van der Waals surface area (Å²) in [5.74, 6) is -0.736. The molecule has 0 radical (unpaired) electrons. The number of hydrogen-bond acceptors (Lipinski definition) is 3. The Morgan fingerprint density at radius 2 is 1.93 bits per heavy atom. The van der Waals surface area contributed by atoms with Gasteiger partial charge in [0.25, 0.3) is 0 Å². The Labute approximate surface area is 91.4 Å². The van der Waals surface area contributed by atoms with E-state index in [0.717, 1.165) is 0 Å². The Hall–Kier alpha value is -1.09. The van der Waals surface area contributed by atoms with Gasteiger partial charge in [-0.3, -0.25) is 4.79 Å². The van der Waals surface area contributed by atoms with E-state index in [-0.39, 0.29) is 11.9 Å². The molecule has 86 valence electrons. The highest BCUT2D eigenvalue weighted by Gasteiger charge is 2.35. The first-order valence-electron chi connectivity index (χ1n) is 4.88. The number of esters is 1. The Kier molecular flexibility index (Phi) is 4.75. The third kappa shape index (κ3) is 3.88. The lowest BCUT2D eigenvalue weighted by Crippen LogP contribution is -2.42. The molecule has 1 N–H and O–H groups in total. The first-order chi connectivity index (χ1) is 6.72. The van der Waals surface area contributed by atoms with E-state index in [9.17, 15) is 9.90 Å². The van der Waals surface area contributed by atoms with Gasteiger partial charge in [0, 0.05) is 12.8 Å².